The van der Waals surface area contributed by atoms with Crippen LogP contribution < -0.4 is 5.32 Å². The molecule has 3 amide bonds. The van der Waals surface area contributed by atoms with Crippen molar-refractivity contribution in [3.05, 3.63) is 66.2 Å². The van der Waals surface area contributed by atoms with Gasteiger partial charge in [-0.2, -0.15) is 0 Å². The monoisotopic (exact) mass is 354 g/mol. The van der Waals surface area contributed by atoms with Crippen molar-refractivity contribution in [2.75, 3.05) is 31.5 Å². The molecule has 1 aliphatic heterocycles. The summed E-state index contributed by atoms with van der Waals surface area (Å²) in [6, 6.07) is 9.03. The molecule has 1 fully saturated rings. The summed E-state index contributed by atoms with van der Waals surface area (Å²) >= 11 is 0. The fraction of sp³-hybridized carbons (Fsp3) is 0.211. The van der Waals surface area contributed by atoms with Gasteiger partial charge in [-0.1, -0.05) is 6.07 Å². The minimum absolute atomic E-state index is 0.0903. The van der Waals surface area contributed by atoms with Gasteiger partial charge in [-0.05, 0) is 42.0 Å². The number of carbonyl (C=O) groups excluding carboxylic acids is 2. The lowest BCUT2D eigenvalue weighted by atomic mass is 10.2. The number of nitrogens with zero attached hydrogens (tertiary/aromatic N) is 3. The van der Waals surface area contributed by atoms with E-state index in [1.54, 1.807) is 28.3 Å². The predicted octanol–water partition coefficient (Wildman–Crippen LogP) is 2.61. The van der Waals surface area contributed by atoms with Gasteiger partial charge in [-0.25, -0.2) is 9.18 Å². The van der Waals surface area contributed by atoms with Crippen molar-refractivity contribution in [3.8, 4) is 0 Å². The number of hydrogen-bond acceptors (Lipinski definition) is 3. The van der Waals surface area contributed by atoms with Gasteiger partial charge in [0.05, 0.1) is 0 Å². The average molecular weight is 354 g/mol. The van der Waals surface area contributed by atoms with Crippen molar-refractivity contribution in [1.82, 2.24) is 14.8 Å². The fourth-order valence-corrected chi connectivity index (χ4v) is 2.61. The number of benzene rings is 1. The summed E-state index contributed by atoms with van der Waals surface area (Å²) in [4.78, 5) is 31.8. The van der Waals surface area contributed by atoms with Crippen LogP contribution in [0, 0.1) is 5.82 Å². The molecule has 26 heavy (non-hydrogen) atoms. The van der Waals surface area contributed by atoms with E-state index in [1.165, 1.54) is 30.3 Å². The Morgan fingerprint density at radius 2 is 1.73 bits per heavy atom. The van der Waals surface area contributed by atoms with E-state index in [1.807, 2.05) is 12.1 Å². The molecule has 0 spiro atoms. The third-order valence-electron chi connectivity index (χ3n) is 4.08. The van der Waals surface area contributed by atoms with Gasteiger partial charge in [0.1, 0.15) is 5.82 Å². The van der Waals surface area contributed by atoms with E-state index in [0.717, 1.165) is 5.56 Å². The number of pyridine rings is 1. The molecule has 0 bridgehead atoms. The molecule has 0 unspecified atom stereocenters. The first-order valence-corrected chi connectivity index (χ1v) is 8.30. The highest BCUT2D eigenvalue weighted by Gasteiger charge is 2.23. The van der Waals surface area contributed by atoms with E-state index in [9.17, 15) is 14.0 Å². The second-order valence-electron chi connectivity index (χ2n) is 5.87. The first-order chi connectivity index (χ1) is 12.6. The highest BCUT2D eigenvalue weighted by Crippen LogP contribution is 2.11. The van der Waals surface area contributed by atoms with Gasteiger partial charge >= 0.3 is 6.03 Å². The highest BCUT2D eigenvalue weighted by atomic mass is 19.1. The lowest BCUT2D eigenvalue weighted by molar-refractivity contribution is -0.127. The molecule has 2 aromatic rings. The second kappa shape index (κ2) is 8.24. The normalized spacial score (nSPS) is 14.5. The summed E-state index contributed by atoms with van der Waals surface area (Å²) in [7, 11) is 0. The number of rotatable bonds is 3. The maximum absolute atomic E-state index is 12.9. The molecule has 0 radical (unpaired) electrons. The Morgan fingerprint density at radius 3 is 2.38 bits per heavy atom. The zero-order chi connectivity index (χ0) is 18.4. The Bertz CT molecular complexity index is 785. The van der Waals surface area contributed by atoms with Crippen molar-refractivity contribution in [1.29, 1.82) is 0 Å². The standard InChI is InChI=1S/C19H19FN4O2/c20-16-4-6-17(7-5-16)22-19(26)24-12-10-23(11-13-24)18(25)8-3-15-2-1-9-21-14-15/h1-9,14H,10-13H2,(H,22,26)/b8-3+. The minimum Gasteiger partial charge on any atom is -0.336 e. The van der Waals surface area contributed by atoms with E-state index >= 15 is 0 Å². The van der Waals surface area contributed by atoms with Crippen LogP contribution in [0.15, 0.2) is 54.9 Å². The first-order valence-electron chi connectivity index (χ1n) is 8.30. The summed E-state index contributed by atoms with van der Waals surface area (Å²) in [5.74, 6) is -0.443. The third kappa shape index (κ3) is 4.66. The number of anilines is 1. The Balaban J connectivity index is 1.49. The van der Waals surface area contributed by atoms with Crippen molar-refractivity contribution < 1.29 is 14.0 Å². The van der Waals surface area contributed by atoms with E-state index in [4.69, 9.17) is 0 Å². The van der Waals surface area contributed by atoms with Gasteiger partial charge in [0, 0.05) is 50.3 Å². The van der Waals surface area contributed by atoms with E-state index in [0.29, 0.717) is 31.9 Å². The lowest BCUT2D eigenvalue weighted by Crippen LogP contribution is -2.51. The Hall–Kier alpha value is -3.22. The molecule has 0 aliphatic carbocycles. The van der Waals surface area contributed by atoms with E-state index in [-0.39, 0.29) is 17.8 Å². The second-order valence-corrected chi connectivity index (χ2v) is 5.87. The zero-order valence-electron chi connectivity index (χ0n) is 14.1. The first kappa shape index (κ1) is 17.6. The summed E-state index contributed by atoms with van der Waals surface area (Å²) in [6.45, 7) is 1.82. The summed E-state index contributed by atoms with van der Waals surface area (Å²) in [6.07, 6.45) is 6.60. The van der Waals surface area contributed by atoms with Crippen LogP contribution in [0.25, 0.3) is 6.08 Å². The van der Waals surface area contributed by atoms with Gasteiger partial charge in [-0.15, -0.1) is 0 Å². The van der Waals surface area contributed by atoms with Crippen LogP contribution in [0.4, 0.5) is 14.9 Å². The molecule has 1 saturated heterocycles. The number of nitrogens with one attached hydrogen (secondary N) is 1. The maximum atomic E-state index is 12.9. The van der Waals surface area contributed by atoms with Crippen LogP contribution in [0.5, 0.6) is 0 Å². The predicted molar refractivity (Wildman–Crippen MR) is 96.8 cm³/mol. The Kier molecular flexibility index (Phi) is 5.58. The molecule has 1 aliphatic rings. The van der Waals surface area contributed by atoms with E-state index in [2.05, 4.69) is 10.3 Å². The van der Waals surface area contributed by atoms with Gasteiger partial charge in [0.25, 0.3) is 0 Å². The molecule has 1 aromatic carbocycles. The molecule has 6 nitrogen and oxygen atoms in total. The van der Waals surface area contributed by atoms with Crippen LogP contribution in [-0.4, -0.2) is 52.9 Å². The van der Waals surface area contributed by atoms with Gasteiger partial charge in [-0.3, -0.25) is 9.78 Å². The molecule has 2 heterocycles. The number of urea groups is 1. The van der Waals surface area contributed by atoms with Gasteiger partial charge in [0.2, 0.25) is 5.91 Å². The maximum Gasteiger partial charge on any atom is 0.321 e. The highest BCUT2D eigenvalue weighted by molar-refractivity contribution is 5.92. The molecule has 1 aromatic heterocycles. The number of aromatic nitrogens is 1. The molecule has 3 rings (SSSR count). The Morgan fingerprint density at radius 1 is 1.04 bits per heavy atom. The third-order valence-corrected chi connectivity index (χ3v) is 4.08. The number of amides is 3. The number of halogens is 1. The smallest absolute Gasteiger partial charge is 0.321 e. The van der Waals surface area contributed by atoms with Crippen LogP contribution in [0.2, 0.25) is 0 Å². The quantitative estimate of drug-likeness (QED) is 0.862. The summed E-state index contributed by atoms with van der Waals surface area (Å²) in [5.41, 5.74) is 1.40. The largest absolute Gasteiger partial charge is 0.336 e. The van der Waals surface area contributed by atoms with Crippen molar-refractivity contribution in [2.24, 2.45) is 0 Å². The van der Waals surface area contributed by atoms with Gasteiger partial charge in [0.15, 0.2) is 0 Å². The zero-order valence-corrected chi connectivity index (χ0v) is 14.1. The molecular weight excluding hydrogens is 335 g/mol. The SMILES string of the molecule is O=C(/C=C/c1cccnc1)N1CCN(C(=O)Nc2ccc(F)cc2)CC1. The number of carbonyl (C=O) groups is 2. The summed E-state index contributed by atoms with van der Waals surface area (Å²) < 4.78 is 12.9. The molecule has 0 saturated carbocycles. The average Bonchev–Trinajstić information content (AvgIpc) is 2.69. The molecule has 1 N–H and O–H groups in total. The number of hydrogen-bond donors (Lipinski definition) is 1. The fourth-order valence-electron chi connectivity index (χ4n) is 2.61. The van der Waals surface area contributed by atoms with Gasteiger partial charge < -0.3 is 15.1 Å². The van der Waals surface area contributed by atoms with Crippen LogP contribution >= 0.6 is 0 Å². The van der Waals surface area contributed by atoms with Crippen molar-refractivity contribution >= 4 is 23.7 Å². The molecule has 134 valence electrons. The lowest BCUT2D eigenvalue weighted by Gasteiger charge is -2.34. The van der Waals surface area contributed by atoms with Crippen LogP contribution in [0.3, 0.4) is 0 Å². The van der Waals surface area contributed by atoms with Crippen LogP contribution in [0.1, 0.15) is 5.56 Å². The van der Waals surface area contributed by atoms with Crippen molar-refractivity contribution in [2.45, 2.75) is 0 Å². The van der Waals surface area contributed by atoms with Crippen LogP contribution in [-0.2, 0) is 4.79 Å². The number of piperazine rings is 1. The minimum atomic E-state index is -0.352. The molecular formula is C19H19FN4O2. The molecule has 7 heteroatoms. The molecule has 0 atom stereocenters. The Labute approximate surface area is 150 Å². The van der Waals surface area contributed by atoms with Crippen molar-refractivity contribution in [3.63, 3.8) is 0 Å². The topological polar surface area (TPSA) is 65.5 Å². The summed E-state index contributed by atoms with van der Waals surface area (Å²) in [5, 5.41) is 2.73. The van der Waals surface area contributed by atoms with E-state index < -0.39 is 0 Å².